The number of aldehydes is 1. The average molecular weight is 598 g/mol. The van der Waals surface area contributed by atoms with E-state index in [0.29, 0.717) is 31.0 Å². The highest BCUT2D eigenvalue weighted by atomic mass is 32.2. The van der Waals surface area contributed by atoms with Crippen molar-refractivity contribution >= 4 is 49.6 Å². The van der Waals surface area contributed by atoms with Gasteiger partial charge in [-0.1, -0.05) is 0 Å². The molecule has 214 valence electrons. The number of nitrogens with one attached hydrogen (secondary N) is 1. The highest BCUT2D eigenvalue weighted by Gasteiger charge is 2.30. The third-order valence-corrected chi connectivity index (χ3v) is 9.57. The zero-order valence-corrected chi connectivity index (χ0v) is 24.1. The van der Waals surface area contributed by atoms with Crippen molar-refractivity contribution in [2.24, 2.45) is 0 Å². The second-order valence-electron chi connectivity index (χ2n) is 9.30. The van der Waals surface area contributed by atoms with Gasteiger partial charge in [-0.15, -0.1) is 0 Å². The average Bonchev–Trinajstić information content (AvgIpc) is 2.96. The smallest absolute Gasteiger partial charge is 0.257 e. The molecule has 1 N–H and O–H groups in total. The highest BCUT2D eigenvalue weighted by Crippen LogP contribution is 2.25. The largest absolute Gasteiger partial charge is 0.338 e. The van der Waals surface area contributed by atoms with Gasteiger partial charge < -0.3 is 10.2 Å². The SMILES string of the molecule is Cc1cc(C#N)nc(N2CCN(S(=O)(=O)c3ccc(NC(=O)c4cc(C=O)ccc4N(C)S(C)(=O)=O)cc3)CC2)n1. The second kappa shape index (κ2) is 11.6. The van der Waals surface area contributed by atoms with E-state index >= 15 is 0 Å². The number of nitrogens with zero attached hydrogens (tertiary/aromatic N) is 6. The van der Waals surface area contributed by atoms with Crippen LogP contribution in [0.3, 0.4) is 0 Å². The second-order valence-corrected chi connectivity index (χ2v) is 13.3. The van der Waals surface area contributed by atoms with Crippen LogP contribution in [0.1, 0.15) is 32.1 Å². The number of sulfonamides is 2. The summed E-state index contributed by atoms with van der Waals surface area (Å²) in [5, 5.41) is 11.8. The van der Waals surface area contributed by atoms with Crippen molar-refractivity contribution in [3.05, 3.63) is 71.0 Å². The summed E-state index contributed by atoms with van der Waals surface area (Å²) in [5.41, 5.74) is 1.37. The van der Waals surface area contributed by atoms with Crippen molar-refractivity contribution < 1.29 is 26.4 Å². The Kier molecular flexibility index (Phi) is 8.38. The maximum atomic E-state index is 13.3. The van der Waals surface area contributed by atoms with Crippen LogP contribution in [0.25, 0.3) is 0 Å². The number of aryl methyl sites for hydroxylation is 1. The standard InChI is InChI=1S/C26H27N7O6S2/c1-18-14-21(16-27)30-26(28-18)32-10-12-33(13-11-32)41(38,39)22-7-5-20(6-8-22)29-25(35)23-15-19(17-34)4-9-24(23)31(2)40(3,36)37/h4-9,14-15,17H,10-13H2,1-3H3,(H,29,35). The number of piperazine rings is 1. The topological polar surface area (TPSA) is 174 Å². The molecular formula is C26H27N7O6S2. The van der Waals surface area contributed by atoms with Gasteiger partial charge in [0.25, 0.3) is 5.91 Å². The van der Waals surface area contributed by atoms with Crippen LogP contribution in [-0.2, 0) is 20.0 Å². The number of anilines is 3. The van der Waals surface area contributed by atoms with Crippen molar-refractivity contribution in [1.29, 1.82) is 5.26 Å². The van der Waals surface area contributed by atoms with Crippen LogP contribution in [0.15, 0.2) is 53.4 Å². The molecule has 0 radical (unpaired) electrons. The van der Waals surface area contributed by atoms with E-state index in [-0.39, 0.29) is 46.2 Å². The first kappa shape index (κ1) is 29.6. The van der Waals surface area contributed by atoms with E-state index < -0.39 is 26.0 Å². The van der Waals surface area contributed by atoms with Crippen molar-refractivity contribution in [1.82, 2.24) is 14.3 Å². The van der Waals surface area contributed by atoms with E-state index in [2.05, 4.69) is 15.3 Å². The quantitative estimate of drug-likeness (QED) is 0.376. The summed E-state index contributed by atoms with van der Waals surface area (Å²) in [5.74, 6) is -0.299. The van der Waals surface area contributed by atoms with E-state index in [0.717, 1.165) is 10.6 Å². The minimum Gasteiger partial charge on any atom is -0.338 e. The van der Waals surface area contributed by atoms with E-state index in [1.165, 1.54) is 53.8 Å². The molecule has 1 aromatic heterocycles. The Labute approximate surface area is 238 Å². The molecule has 15 heteroatoms. The lowest BCUT2D eigenvalue weighted by atomic mass is 10.1. The molecule has 13 nitrogen and oxygen atoms in total. The molecule has 1 fully saturated rings. The van der Waals surface area contributed by atoms with E-state index in [9.17, 15) is 26.4 Å². The summed E-state index contributed by atoms with van der Waals surface area (Å²) in [4.78, 5) is 34.8. The maximum Gasteiger partial charge on any atom is 0.257 e. The molecule has 0 aliphatic carbocycles. The molecule has 1 amide bonds. The van der Waals surface area contributed by atoms with E-state index in [1.807, 2.05) is 11.0 Å². The molecule has 0 spiro atoms. The van der Waals surface area contributed by atoms with Crippen LogP contribution in [0.4, 0.5) is 17.3 Å². The Hall–Kier alpha value is -4.39. The summed E-state index contributed by atoms with van der Waals surface area (Å²) in [6.07, 6.45) is 1.53. The number of benzene rings is 2. The number of nitriles is 1. The lowest BCUT2D eigenvalue weighted by Gasteiger charge is -2.34. The van der Waals surface area contributed by atoms with Gasteiger partial charge in [-0.2, -0.15) is 9.57 Å². The van der Waals surface area contributed by atoms with Gasteiger partial charge in [0.1, 0.15) is 18.0 Å². The zero-order chi connectivity index (χ0) is 29.9. The molecule has 1 aliphatic heterocycles. The van der Waals surface area contributed by atoms with Gasteiger partial charge in [-0.05, 0) is 55.5 Å². The molecule has 2 heterocycles. The lowest BCUT2D eigenvalue weighted by Crippen LogP contribution is -2.49. The van der Waals surface area contributed by atoms with Crippen LogP contribution in [0.2, 0.25) is 0 Å². The Morgan fingerprint density at radius 1 is 1.02 bits per heavy atom. The van der Waals surface area contributed by atoms with E-state index in [4.69, 9.17) is 5.26 Å². The van der Waals surface area contributed by atoms with Gasteiger partial charge in [0.05, 0.1) is 22.4 Å². The van der Waals surface area contributed by atoms with Crippen molar-refractivity contribution in [3.63, 3.8) is 0 Å². The third-order valence-electron chi connectivity index (χ3n) is 6.47. The van der Waals surface area contributed by atoms with Crippen LogP contribution in [0, 0.1) is 18.3 Å². The highest BCUT2D eigenvalue weighted by molar-refractivity contribution is 7.92. The number of carbonyl (C=O) groups excluding carboxylic acids is 2. The number of hydrogen-bond acceptors (Lipinski definition) is 10. The first-order chi connectivity index (χ1) is 19.3. The maximum absolute atomic E-state index is 13.3. The molecule has 0 saturated carbocycles. The molecule has 4 rings (SSSR count). The van der Waals surface area contributed by atoms with Gasteiger partial charge in [0.15, 0.2) is 0 Å². The van der Waals surface area contributed by atoms with Gasteiger partial charge in [0.2, 0.25) is 26.0 Å². The summed E-state index contributed by atoms with van der Waals surface area (Å²) >= 11 is 0. The Morgan fingerprint density at radius 3 is 2.27 bits per heavy atom. The lowest BCUT2D eigenvalue weighted by molar-refractivity contribution is 0.102. The van der Waals surface area contributed by atoms with Crippen molar-refractivity contribution in [2.45, 2.75) is 11.8 Å². The molecule has 1 aliphatic rings. The number of amides is 1. The molecule has 41 heavy (non-hydrogen) atoms. The van der Waals surface area contributed by atoms with Crippen LogP contribution < -0.4 is 14.5 Å². The molecule has 2 aromatic carbocycles. The van der Waals surface area contributed by atoms with Gasteiger partial charge in [-0.3, -0.25) is 13.9 Å². The summed E-state index contributed by atoms with van der Waals surface area (Å²) in [6, 6.07) is 13.2. The first-order valence-corrected chi connectivity index (χ1v) is 15.6. The Bertz CT molecular complexity index is 1750. The monoisotopic (exact) mass is 597 g/mol. The fourth-order valence-corrected chi connectivity index (χ4v) is 6.14. The van der Waals surface area contributed by atoms with Crippen LogP contribution in [0.5, 0.6) is 0 Å². The molecule has 1 saturated heterocycles. The Balaban J connectivity index is 1.47. The minimum absolute atomic E-state index is 0.0305. The van der Waals surface area contributed by atoms with Gasteiger partial charge in [-0.25, -0.2) is 26.8 Å². The predicted molar refractivity (Wildman–Crippen MR) is 152 cm³/mol. The minimum atomic E-state index is -3.84. The zero-order valence-electron chi connectivity index (χ0n) is 22.5. The fraction of sp³-hybridized carbons (Fsp3) is 0.269. The Morgan fingerprint density at radius 2 is 1.68 bits per heavy atom. The van der Waals surface area contributed by atoms with Crippen molar-refractivity contribution in [3.8, 4) is 6.07 Å². The van der Waals surface area contributed by atoms with Crippen molar-refractivity contribution in [2.75, 3.05) is 54.0 Å². The number of aromatic nitrogens is 2. The molecule has 0 atom stereocenters. The van der Waals surface area contributed by atoms with E-state index in [1.54, 1.807) is 13.0 Å². The first-order valence-electron chi connectivity index (χ1n) is 12.3. The number of carbonyl (C=O) groups is 2. The van der Waals surface area contributed by atoms with Gasteiger partial charge >= 0.3 is 0 Å². The van der Waals surface area contributed by atoms with Crippen LogP contribution >= 0.6 is 0 Å². The summed E-state index contributed by atoms with van der Waals surface area (Å²) in [6.45, 7) is 2.80. The summed E-state index contributed by atoms with van der Waals surface area (Å²) < 4.78 is 52.9. The molecule has 0 unspecified atom stereocenters. The normalized spacial score (nSPS) is 14.2. The number of rotatable bonds is 8. The summed E-state index contributed by atoms with van der Waals surface area (Å²) in [7, 11) is -6.24. The van der Waals surface area contributed by atoms with Crippen LogP contribution in [-0.4, -0.2) is 82.8 Å². The molecule has 0 bridgehead atoms. The predicted octanol–water partition coefficient (Wildman–Crippen LogP) is 1.63. The van der Waals surface area contributed by atoms with Gasteiger partial charge in [0, 0.05) is 50.2 Å². The molecular weight excluding hydrogens is 570 g/mol. The number of hydrogen-bond donors (Lipinski definition) is 1. The molecule has 3 aromatic rings. The fourth-order valence-electron chi connectivity index (χ4n) is 4.20. The third kappa shape index (κ3) is 6.51.